The van der Waals surface area contributed by atoms with Crippen LogP contribution in [0.25, 0.3) is 0 Å². The van der Waals surface area contributed by atoms with E-state index in [0.29, 0.717) is 19.3 Å². The molecule has 6 heteroatoms. The Morgan fingerprint density at radius 3 is 1.47 bits per heavy atom. The molecule has 0 saturated heterocycles. The van der Waals surface area contributed by atoms with Crippen LogP contribution < -0.4 is 5.32 Å². The van der Waals surface area contributed by atoms with Crippen LogP contribution in [0.4, 0.5) is 0 Å². The summed E-state index contributed by atoms with van der Waals surface area (Å²) in [5.74, 6) is -0.507. The number of allylic oxidation sites excluding steroid dienone is 8. The fourth-order valence-electron chi connectivity index (χ4n) is 7.14. The minimum absolute atomic E-state index is 0.0594. The molecule has 0 aliphatic heterocycles. The van der Waals surface area contributed by atoms with Gasteiger partial charge in [-0.1, -0.05) is 191 Å². The molecule has 0 heterocycles. The minimum atomic E-state index is -0.793. The number of hydrogen-bond acceptors (Lipinski definition) is 5. The maximum absolute atomic E-state index is 13.1. The SMILES string of the molecule is CCC/C=C\CCCCCCCC(=O)OC(CCCCCC/C=C\C/C=C\C/C=C\CCCCC)CC(=O)NC(CO)C(O)CCCCCCCCCCCCC. The lowest BCUT2D eigenvalue weighted by molar-refractivity contribution is -0.151. The third-order valence-electron chi connectivity index (χ3n) is 10.9. The monoisotopic (exact) mass is 800 g/mol. The number of esters is 1. The average Bonchev–Trinajstić information content (AvgIpc) is 3.20. The minimum Gasteiger partial charge on any atom is -0.462 e. The van der Waals surface area contributed by atoms with Gasteiger partial charge in [-0.2, -0.15) is 0 Å². The lowest BCUT2D eigenvalue weighted by Crippen LogP contribution is -2.46. The van der Waals surface area contributed by atoms with Gasteiger partial charge in [0.15, 0.2) is 0 Å². The van der Waals surface area contributed by atoms with Gasteiger partial charge in [-0.25, -0.2) is 0 Å². The molecule has 0 aliphatic rings. The molecular weight excluding hydrogens is 707 g/mol. The van der Waals surface area contributed by atoms with E-state index in [1.54, 1.807) is 0 Å². The Kier molecular flexibility index (Phi) is 43.2. The van der Waals surface area contributed by atoms with Crippen molar-refractivity contribution in [1.82, 2.24) is 5.32 Å². The van der Waals surface area contributed by atoms with Crippen molar-refractivity contribution in [2.45, 2.75) is 257 Å². The highest BCUT2D eigenvalue weighted by atomic mass is 16.5. The molecule has 6 nitrogen and oxygen atoms in total. The molecule has 3 N–H and O–H groups in total. The molecular formula is C51H93NO5. The number of ether oxygens (including phenoxy) is 1. The number of rotatable bonds is 43. The van der Waals surface area contributed by atoms with Crippen LogP contribution in [0.15, 0.2) is 48.6 Å². The van der Waals surface area contributed by atoms with Gasteiger partial charge >= 0.3 is 5.97 Å². The Morgan fingerprint density at radius 1 is 0.509 bits per heavy atom. The summed E-state index contributed by atoms with van der Waals surface area (Å²) in [7, 11) is 0. The van der Waals surface area contributed by atoms with E-state index < -0.39 is 18.2 Å². The summed E-state index contributed by atoms with van der Waals surface area (Å²) in [4.78, 5) is 26.0. The number of hydrogen-bond donors (Lipinski definition) is 3. The molecule has 0 aromatic carbocycles. The van der Waals surface area contributed by atoms with Crippen molar-refractivity contribution in [3.8, 4) is 0 Å². The number of unbranched alkanes of at least 4 members (excludes halogenated alkanes) is 23. The van der Waals surface area contributed by atoms with Crippen LogP contribution in [0.3, 0.4) is 0 Å². The van der Waals surface area contributed by atoms with Crippen LogP contribution in [0, 0.1) is 0 Å². The van der Waals surface area contributed by atoms with E-state index in [1.165, 1.54) is 96.3 Å². The standard InChI is InChI=1S/C51H93NO5/c1-4-7-10-13-16-19-22-23-24-25-26-27-29-30-33-36-39-42-47(57-51(56)44-41-38-35-32-21-18-15-12-9-6-3)45-50(55)52-48(46-53)49(54)43-40-37-34-31-28-20-17-14-11-8-5-2/h12,15-16,19,23-24,26-27,47-49,53-54H,4-11,13-14,17-18,20-22,25,28-46H2,1-3H3,(H,52,55)/b15-12-,19-16-,24-23-,27-26-. The smallest absolute Gasteiger partial charge is 0.306 e. The quantitative estimate of drug-likeness (QED) is 0.0324. The molecule has 0 aromatic rings. The zero-order valence-corrected chi connectivity index (χ0v) is 37.7. The molecule has 0 fully saturated rings. The highest BCUT2D eigenvalue weighted by molar-refractivity contribution is 5.77. The summed E-state index contributed by atoms with van der Waals surface area (Å²) >= 11 is 0. The summed E-state index contributed by atoms with van der Waals surface area (Å²) < 4.78 is 5.90. The Morgan fingerprint density at radius 2 is 0.930 bits per heavy atom. The number of aliphatic hydroxyl groups is 2. The van der Waals surface area contributed by atoms with Crippen molar-refractivity contribution in [3.63, 3.8) is 0 Å². The predicted molar refractivity (Wildman–Crippen MR) is 245 cm³/mol. The van der Waals surface area contributed by atoms with E-state index in [4.69, 9.17) is 4.74 Å². The molecule has 0 saturated carbocycles. The average molecular weight is 800 g/mol. The van der Waals surface area contributed by atoms with Gasteiger partial charge in [-0.3, -0.25) is 9.59 Å². The first-order valence-corrected chi connectivity index (χ1v) is 24.4. The Balaban J connectivity index is 4.64. The highest BCUT2D eigenvalue weighted by Gasteiger charge is 2.24. The van der Waals surface area contributed by atoms with E-state index in [-0.39, 0.29) is 24.9 Å². The van der Waals surface area contributed by atoms with E-state index in [2.05, 4.69) is 74.7 Å². The first kappa shape index (κ1) is 54.8. The van der Waals surface area contributed by atoms with Crippen LogP contribution in [0.5, 0.6) is 0 Å². The molecule has 0 aromatic heterocycles. The van der Waals surface area contributed by atoms with E-state index in [9.17, 15) is 19.8 Å². The molecule has 3 unspecified atom stereocenters. The van der Waals surface area contributed by atoms with Gasteiger partial charge in [0.1, 0.15) is 6.10 Å². The Hall–Kier alpha value is -2.18. The number of carbonyl (C=O) groups excluding carboxylic acids is 2. The summed E-state index contributed by atoms with van der Waals surface area (Å²) in [5.41, 5.74) is 0. The van der Waals surface area contributed by atoms with Crippen molar-refractivity contribution in [1.29, 1.82) is 0 Å². The number of carbonyl (C=O) groups is 2. The molecule has 57 heavy (non-hydrogen) atoms. The molecule has 0 spiro atoms. The second kappa shape index (κ2) is 44.9. The Labute approximate surface area is 353 Å². The van der Waals surface area contributed by atoms with Crippen molar-refractivity contribution in [2.75, 3.05) is 6.61 Å². The summed E-state index contributed by atoms with van der Waals surface area (Å²) in [6.45, 7) is 6.37. The van der Waals surface area contributed by atoms with Gasteiger partial charge in [0, 0.05) is 6.42 Å². The van der Waals surface area contributed by atoms with Crippen molar-refractivity contribution in [2.24, 2.45) is 0 Å². The van der Waals surface area contributed by atoms with Crippen LogP contribution in [0.2, 0.25) is 0 Å². The van der Waals surface area contributed by atoms with E-state index >= 15 is 0 Å². The van der Waals surface area contributed by atoms with E-state index in [0.717, 1.165) is 96.3 Å². The van der Waals surface area contributed by atoms with Crippen LogP contribution in [-0.4, -0.2) is 46.9 Å². The second-order valence-electron chi connectivity index (χ2n) is 16.5. The lowest BCUT2D eigenvalue weighted by atomic mass is 10.0. The highest BCUT2D eigenvalue weighted by Crippen LogP contribution is 2.17. The van der Waals surface area contributed by atoms with Crippen LogP contribution in [0.1, 0.15) is 239 Å². The fraction of sp³-hybridized carbons (Fsp3) is 0.804. The lowest BCUT2D eigenvalue weighted by Gasteiger charge is -2.24. The van der Waals surface area contributed by atoms with Gasteiger partial charge in [-0.05, 0) is 83.5 Å². The molecule has 3 atom stereocenters. The van der Waals surface area contributed by atoms with Gasteiger partial charge in [-0.15, -0.1) is 0 Å². The largest absolute Gasteiger partial charge is 0.462 e. The molecule has 332 valence electrons. The fourth-order valence-corrected chi connectivity index (χ4v) is 7.14. The molecule has 0 bridgehead atoms. The van der Waals surface area contributed by atoms with E-state index in [1.807, 2.05) is 0 Å². The first-order valence-electron chi connectivity index (χ1n) is 24.4. The van der Waals surface area contributed by atoms with Crippen molar-refractivity contribution in [3.05, 3.63) is 48.6 Å². The van der Waals surface area contributed by atoms with Gasteiger partial charge in [0.2, 0.25) is 5.91 Å². The number of aliphatic hydroxyl groups excluding tert-OH is 2. The summed E-state index contributed by atoms with van der Waals surface area (Å²) in [6, 6.07) is -0.709. The maximum atomic E-state index is 13.1. The third kappa shape index (κ3) is 40.4. The summed E-state index contributed by atoms with van der Waals surface area (Å²) in [6.07, 6.45) is 53.1. The Bertz CT molecular complexity index is 988. The maximum Gasteiger partial charge on any atom is 0.306 e. The normalized spacial score (nSPS) is 13.7. The molecule has 0 radical (unpaired) electrons. The number of nitrogens with one attached hydrogen (secondary N) is 1. The second-order valence-corrected chi connectivity index (χ2v) is 16.5. The van der Waals surface area contributed by atoms with Crippen LogP contribution in [-0.2, 0) is 14.3 Å². The zero-order chi connectivity index (χ0) is 41.7. The van der Waals surface area contributed by atoms with Gasteiger partial charge in [0.25, 0.3) is 0 Å². The van der Waals surface area contributed by atoms with Gasteiger partial charge in [0.05, 0.1) is 25.2 Å². The first-order chi connectivity index (χ1) is 28.0. The van der Waals surface area contributed by atoms with Crippen LogP contribution >= 0.6 is 0 Å². The third-order valence-corrected chi connectivity index (χ3v) is 10.9. The molecule has 0 rings (SSSR count). The topological polar surface area (TPSA) is 95.9 Å². The van der Waals surface area contributed by atoms with Crippen molar-refractivity contribution >= 4 is 11.9 Å². The molecule has 0 aliphatic carbocycles. The zero-order valence-electron chi connectivity index (χ0n) is 37.7. The number of amides is 1. The summed E-state index contributed by atoms with van der Waals surface area (Å²) in [5, 5.41) is 23.7. The van der Waals surface area contributed by atoms with Crippen molar-refractivity contribution < 1.29 is 24.5 Å². The molecule has 1 amide bonds. The van der Waals surface area contributed by atoms with Gasteiger partial charge < -0.3 is 20.3 Å². The predicted octanol–water partition coefficient (Wildman–Crippen LogP) is 14.3.